The van der Waals surface area contributed by atoms with Gasteiger partial charge in [0.15, 0.2) is 5.82 Å². The maximum Gasteiger partial charge on any atom is 0.257 e. The molecule has 0 aliphatic rings. The number of amides is 1. The quantitative estimate of drug-likeness (QED) is 0.340. The highest BCUT2D eigenvalue weighted by atomic mass is 35.5. The van der Waals surface area contributed by atoms with Crippen molar-refractivity contribution < 1.29 is 4.79 Å². The minimum Gasteiger partial charge on any atom is -0.304 e. The minimum atomic E-state index is -0.328. The van der Waals surface area contributed by atoms with Gasteiger partial charge in [0.25, 0.3) is 5.91 Å². The van der Waals surface area contributed by atoms with Crippen molar-refractivity contribution in [3.8, 4) is 11.3 Å². The standard InChI is InChI=1S/C25H20Cl2N6O/c1-15-19(13-32(2)30-15)23-11-18(17-8-4-6-10-22(17)28-23)25(34)29-24-21(27)14-33(31-24)12-16-7-3-5-9-20(16)26/h3-11,13-14H,12H2,1-2H3,(H,29,31,34). The fourth-order valence-electron chi connectivity index (χ4n) is 3.89. The average Bonchev–Trinajstić information content (AvgIpc) is 3.34. The van der Waals surface area contributed by atoms with Gasteiger partial charge in [-0.05, 0) is 30.7 Å². The molecule has 0 fully saturated rings. The zero-order valence-electron chi connectivity index (χ0n) is 18.5. The zero-order chi connectivity index (χ0) is 23.8. The van der Waals surface area contributed by atoms with Crippen LogP contribution in [0.5, 0.6) is 0 Å². The Morgan fingerprint density at radius 1 is 1.00 bits per heavy atom. The van der Waals surface area contributed by atoms with Gasteiger partial charge < -0.3 is 5.32 Å². The third-order valence-electron chi connectivity index (χ3n) is 5.49. The molecule has 5 aromatic rings. The number of nitrogens with one attached hydrogen (secondary N) is 1. The van der Waals surface area contributed by atoms with E-state index in [1.807, 2.05) is 68.7 Å². The Morgan fingerprint density at radius 3 is 2.53 bits per heavy atom. The average molecular weight is 491 g/mol. The molecule has 0 radical (unpaired) electrons. The SMILES string of the molecule is Cc1nn(C)cc1-c1cc(C(=O)Nc2nn(Cc3ccccc3Cl)cc2Cl)c2ccccc2n1. The summed E-state index contributed by atoms with van der Waals surface area (Å²) >= 11 is 12.7. The van der Waals surface area contributed by atoms with Crippen LogP contribution in [-0.2, 0) is 13.6 Å². The summed E-state index contributed by atoms with van der Waals surface area (Å²) in [7, 11) is 1.85. The lowest BCUT2D eigenvalue weighted by Crippen LogP contribution is -2.14. The first-order valence-electron chi connectivity index (χ1n) is 10.6. The molecule has 1 N–H and O–H groups in total. The van der Waals surface area contributed by atoms with Gasteiger partial charge in [-0.2, -0.15) is 10.2 Å². The Labute approximate surface area is 205 Å². The van der Waals surface area contributed by atoms with Crippen LogP contribution < -0.4 is 5.32 Å². The predicted octanol–water partition coefficient (Wildman–Crippen LogP) is 5.75. The molecule has 0 bridgehead atoms. The number of fused-ring (bicyclic) bond motifs is 1. The highest BCUT2D eigenvalue weighted by Gasteiger charge is 2.18. The van der Waals surface area contributed by atoms with Crippen molar-refractivity contribution in [2.75, 3.05) is 5.32 Å². The lowest BCUT2D eigenvalue weighted by Gasteiger charge is -2.09. The normalized spacial score (nSPS) is 11.2. The van der Waals surface area contributed by atoms with Crippen LogP contribution in [0.3, 0.4) is 0 Å². The summed E-state index contributed by atoms with van der Waals surface area (Å²) in [5, 5.41) is 13.4. The molecule has 0 spiro atoms. The number of anilines is 1. The molecule has 0 aliphatic carbocycles. The number of benzene rings is 2. The van der Waals surface area contributed by atoms with Gasteiger partial charge in [-0.15, -0.1) is 0 Å². The minimum absolute atomic E-state index is 0.277. The first kappa shape index (κ1) is 22.1. The van der Waals surface area contributed by atoms with E-state index in [9.17, 15) is 4.79 Å². The van der Waals surface area contributed by atoms with Crippen LogP contribution in [0.2, 0.25) is 10.0 Å². The highest BCUT2D eigenvalue weighted by Crippen LogP contribution is 2.28. The number of carbonyl (C=O) groups is 1. The monoisotopic (exact) mass is 490 g/mol. The van der Waals surface area contributed by atoms with Crippen molar-refractivity contribution in [1.29, 1.82) is 0 Å². The lowest BCUT2D eigenvalue weighted by molar-refractivity contribution is 0.102. The number of pyridine rings is 1. The van der Waals surface area contributed by atoms with Crippen LogP contribution in [0, 0.1) is 6.92 Å². The van der Waals surface area contributed by atoms with Gasteiger partial charge in [-0.1, -0.05) is 59.6 Å². The second-order valence-corrected chi connectivity index (χ2v) is 8.76. The molecule has 9 heteroatoms. The molecule has 0 atom stereocenters. The molecule has 170 valence electrons. The van der Waals surface area contributed by atoms with E-state index in [2.05, 4.69) is 15.5 Å². The van der Waals surface area contributed by atoms with Crippen LogP contribution in [0.1, 0.15) is 21.6 Å². The molecule has 3 heterocycles. The number of rotatable bonds is 5. The van der Waals surface area contributed by atoms with Crippen molar-refractivity contribution in [2.24, 2.45) is 7.05 Å². The van der Waals surface area contributed by atoms with E-state index in [0.29, 0.717) is 33.4 Å². The van der Waals surface area contributed by atoms with E-state index >= 15 is 0 Å². The van der Waals surface area contributed by atoms with Gasteiger partial charge in [0.05, 0.1) is 29.0 Å². The maximum atomic E-state index is 13.4. The van der Waals surface area contributed by atoms with Crippen molar-refractivity contribution in [3.63, 3.8) is 0 Å². The molecular weight excluding hydrogens is 471 g/mol. The smallest absolute Gasteiger partial charge is 0.257 e. The summed E-state index contributed by atoms with van der Waals surface area (Å²) in [6.45, 7) is 2.34. The predicted molar refractivity (Wildman–Crippen MR) is 134 cm³/mol. The number of halogens is 2. The molecule has 7 nitrogen and oxygen atoms in total. The number of hydrogen-bond donors (Lipinski definition) is 1. The highest BCUT2D eigenvalue weighted by molar-refractivity contribution is 6.33. The van der Waals surface area contributed by atoms with Crippen molar-refractivity contribution in [3.05, 3.63) is 93.9 Å². The van der Waals surface area contributed by atoms with Crippen molar-refractivity contribution >= 4 is 45.8 Å². The number of para-hydroxylation sites is 1. The topological polar surface area (TPSA) is 77.6 Å². The van der Waals surface area contributed by atoms with Crippen LogP contribution in [-0.4, -0.2) is 30.5 Å². The van der Waals surface area contributed by atoms with Gasteiger partial charge in [0, 0.05) is 35.4 Å². The fraction of sp³-hybridized carbons (Fsp3) is 0.120. The number of hydrogen-bond acceptors (Lipinski definition) is 4. The van der Waals surface area contributed by atoms with E-state index in [0.717, 1.165) is 22.2 Å². The van der Waals surface area contributed by atoms with Crippen LogP contribution in [0.25, 0.3) is 22.2 Å². The molecule has 1 amide bonds. The van der Waals surface area contributed by atoms with E-state index < -0.39 is 0 Å². The van der Waals surface area contributed by atoms with E-state index in [-0.39, 0.29) is 11.7 Å². The second-order valence-electron chi connectivity index (χ2n) is 7.94. The number of aryl methyl sites for hydroxylation is 2. The number of nitrogens with zero attached hydrogens (tertiary/aromatic N) is 5. The Bertz CT molecular complexity index is 1540. The second kappa shape index (κ2) is 8.93. The summed E-state index contributed by atoms with van der Waals surface area (Å²) in [5.41, 5.74) is 4.45. The van der Waals surface area contributed by atoms with Gasteiger partial charge >= 0.3 is 0 Å². The van der Waals surface area contributed by atoms with E-state index in [1.165, 1.54) is 0 Å². The molecule has 2 aromatic carbocycles. The molecule has 5 rings (SSSR count). The molecule has 3 aromatic heterocycles. The fourth-order valence-corrected chi connectivity index (χ4v) is 4.28. The van der Waals surface area contributed by atoms with Crippen molar-refractivity contribution in [2.45, 2.75) is 13.5 Å². The van der Waals surface area contributed by atoms with Gasteiger partial charge in [-0.25, -0.2) is 4.98 Å². The van der Waals surface area contributed by atoms with Gasteiger partial charge in [0.1, 0.15) is 5.02 Å². The Morgan fingerprint density at radius 2 is 1.76 bits per heavy atom. The first-order valence-corrected chi connectivity index (χ1v) is 11.3. The van der Waals surface area contributed by atoms with E-state index in [1.54, 1.807) is 21.6 Å². The third-order valence-corrected chi connectivity index (χ3v) is 6.13. The molecule has 0 saturated carbocycles. The molecule has 0 saturated heterocycles. The molecule has 0 aliphatic heterocycles. The Balaban J connectivity index is 1.49. The largest absolute Gasteiger partial charge is 0.304 e. The van der Waals surface area contributed by atoms with Gasteiger partial charge in [-0.3, -0.25) is 14.2 Å². The van der Waals surface area contributed by atoms with Crippen LogP contribution in [0.4, 0.5) is 5.82 Å². The lowest BCUT2D eigenvalue weighted by atomic mass is 10.0. The van der Waals surface area contributed by atoms with Gasteiger partial charge in [0.2, 0.25) is 0 Å². The summed E-state index contributed by atoms with van der Waals surface area (Å²) in [4.78, 5) is 18.1. The van der Waals surface area contributed by atoms with Crippen molar-refractivity contribution in [1.82, 2.24) is 24.5 Å². The number of carbonyl (C=O) groups excluding carboxylic acids is 1. The summed E-state index contributed by atoms with van der Waals surface area (Å²) in [5.74, 6) is -0.0509. The zero-order valence-corrected chi connectivity index (χ0v) is 20.0. The Hall–Kier alpha value is -3.68. The van der Waals surface area contributed by atoms with Crippen LogP contribution >= 0.6 is 23.2 Å². The molecule has 0 unspecified atom stereocenters. The van der Waals surface area contributed by atoms with Crippen LogP contribution in [0.15, 0.2) is 67.0 Å². The maximum absolute atomic E-state index is 13.4. The Kier molecular flexibility index (Phi) is 5.81. The molecule has 34 heavy (non-hydrogen) atoms. The van der Waals surface area contributed by atoms with E-state index in [4.69, 9.17) is 28.2 Å². The summed E-state index contributed by atoms with van der Waals surface area (Å²) in [6, 6.07) is 16.8. The third kappa shape index (κ3) is 4.27. The number of aromatic nitrogens is 5. The summed E-state index contributed by atoms with van der Waals surface area (Å²) < 4.78 is 3.38. The first-order chi connectivity index (χ1) is 16.4. The molecular formula is C25H20Cl2N6O. The summed E-state index contributed by atoms with van der Waals surface area (Å²) in [6.07, 6.45) is 3.55.